The van der Waals surface area contributed by atoms with E-state index in [-0.39, 0.29) is 22.3 Å². The Morgan fingerprint density at radius 3 is 2.71 bits per heavy atom. The minimum atomic E-state index is -3.61. The second-order valence-electron chi connectivity index (χ2n) is 5.17. The number of nitrogens with two attached hydrogens (primary N) is 1. The minimum absolute atomic E-state index is 0.0480. The van der Waals surface area contributed by atoms with E-state index < -0.39 is 10.0 Å². The van der Waals surface area contributed by atoms with Crippen molar-refractivity contribution in [3.05, 3.63) is 53.6 Å². The molecule has 0 aliphatic heterocycles. The summed E-state index contributed by atoms with van der Waals surface area (Å²) in [4.78, 5) is 0.0606. The Kier molecular flexibility index (Phi) is 3.35. The molecular formula is C15H16N2O3S. The van der Waals surface area contributed by atoms with Crippen molar-refractivity contribution in [3.63, 3.8) is 0 Å². The molecule has 0 heterocycles. The Bertz CT molecular complexity index is 787. The molecule has 0 bridgehead atoms. The normalized spacial score (nSPS) is 17.0. The van der Waals surface area contributed by atoms with E-state index >= 15 is 0 Å². The fraction of sp³-hybridized carbons (Fsp3) is 0.200. The molecule has 3 rings (SSSR count). The van der Waals surface area contributed by atoms with Gasteiger partial charge in [-0.05, 0) is 35.7 Å². The van der Waals surface area contributed by atoms with Gasteiger partial charge in [0.05, 0.1) is 10.6 Å². The molecule has 1 atom stereocenters. The van der Waals surface area contributed by atoms with Crippen LogP contribution in [0.3, 0.4) is 0 Å². The summed E-state index contributed by atoms with van der Waals surface area (Å²) in [6, 6.07) is 11.9. The van der Waals surface area contributed by atoms with E-state index in [4.69, 9.17) is 5.73 Å². The molecule has 0 spiro atoms. The van der Waals surface area contributed by atoms with Crippen molar-refractivity contribution in [3.8, 4) is 5.75 Å². The maximum Gasteiger partial charge on any atom is 0.240 e. The molecule has 0 saturated carbocycles. The van der Waals surface area contributed by atoms with Crippen molar-refractivity contribution >= 4 is 15.7 Å². The first kappa shape index (κ1) is 13.9. The van der Waals surface area contributed by atoms with Gasteiger partial charge < -0.3 is 10.8 Å². The van der Waals surface area contributed by atoms with Crippen molar-refractivity contribution in [1.29, 1.82) is 0 Å². The second kappa shape index (κ2) is 5.05. The van der Waals surface area contributed by atoms with Crippen LogP contribution in [0.25, 0.3) is 0 Å². The summed E-state index contributed by atoms with van der Waals surface area (Å²) in [5.74, 6) is 0.0901. The lowest BCUT2D eigenvalue weighted by Crippen LogP contribution is -2.33. The molecule has 2 aromatic rings. The molecule has 6 heteroatoms. The third kappa shape index (κ3) is 2.59. The Hall–Kier alpha value is -2.05. The van der Waals surface area contributed by atoms with Crippen LogP contribution in [-0.2, 0) is 16.4 Å². The number of rotatable bonds is 4. The SMILES string of the molecule is Nc1cc(S(=O)(=O)NCC2Cc3ccccc32)ccc1O. The lowest BCUT2D eigenvalue weighted by molar-refractivity contribution is 0.477. The molecule has 1 aliphatic rings. The number of phenolic OH excluding ortho intramolecular Hbond substituents is 1. The van der Waals surface area contributed by atoms with Crippen LogP contribution in [-0.4, -0.2) is 20.1 Å². The third-order valence-electron chi connectivity index (χ3n) is 3.79. The van der Waals surface area contributed by atoms with Gasteiger partial charge in [-0.1, -0.05) is 24.3 Å². The van der Waals surface area contributed by atoms with E-state index in [1.807, 2.05) is 18.2 Å². The van der Waals surface area contributed by atoms with Crippen molar-refractivity contribution in [1.82, 2.24) is 4.72 Å². The predicted octanol–water partition coefficient (Wildman–Crippen LogP) is 1.59. The minimum Gasteiger partial charge on any atom is -0.506 e. The zero-order valence-electron chi connectivity index (χ0n) is 11.3. The number of sulfonamides is 1. The molecule has 1 unspecified atom stereocenters. The van der Waals surface area contributed by atoms with E-state index in [2.05, 4.69) is 10.8 Å². The van der Waals surface area contributed by atoms with Gasteiger partial charge in [0, 0.05) is 12.5 Å². The maximum atomic E-state index is 12.2. The number of aromatic hydroxyl groups is 1. The lowest BCUT2D eigenvalue weighted by atomic mass is 9.78. The largest absolute Gasteiger partial charge is 0.506 e. The van der Waals surface area contributed by atoms with Gasteiger partial charge >= 0.3 is 0 Å². The summed E-state index contributed by atoms with van der Waals surface area (Å²) in [5.41, 5.74) is 8.05. The number of benzene rings is 2. The van der Waals surface area contributed by atoms with E-state index in [1.165, 1.54) is 29.3 Å². The van der Waals surface area contributed by atoms with Gasteiger partial charge in [-0.25, -0.2) is 13.1 Å². The zero-order chi connectivity index (χ0) is 15.0. The van der Waals surface area contributed by atoms with Crippen LogP contribution in [0.2, 0.25) is 0 Å². The topological polar surface area (TPSA) is 92.4 Å². The van der Waals surface area contributed by atoms with Gasteiger partial charge in [-0.3, -0.25) is 0 Å². The summed E-state index contributed by atoms with van der Waals surface area (Å²) in [6.45, 7) is 0.361. The standard InChI is InChI=1S/C15H16N2O3S/c16-14-8-12(5-6-15(14)18)21(19,20)17-9-11-7-10-3-1-2-4-13(10)11/h1-6,8,11,17-18H,7,9,16H2. The molecule has 0 radical (unpaired) electrons. The highest BCUT2D eigenvalue weighted by atomic mass is 32.2. The van der Waals surface area contributed by atoms with Crippen LogP contribution < -0.4 is 10.5 Å². The quantitative estimate of drug-likeness (QED) is 0.591. The molecule has 5 nitrogen and oxygen atoms in total. The maximum absolute atomic E-state index is 12.2. The number of fused-ring (bicyclic) bond motifs is 1. The van der Waals surface area contributed by atoms with Gasteiger partial charge in [-0.2, -0.15) is 0 Å². The van der Waals surface area contributed by atoms with Crippen molar-refractivity contribution in [2.24, 2.45) is 0 Å². The van der Waals surface area contributed by atoms with E-state index in [9.17, 15) is 13.5 Å². The van der Waals surface area contributed by atoms with Crippen molar-refractivity contribution in [2.75, 3.05) is 12.3 Å². The summed E-state index contributed by atoms with van der Waals surface area (Å²) in [7, 11) is -3.61. The Labute approximate surface area is 123 Å². The van der Waals surface area contributed by atoms with Crippen LogP contribution in [0.4, 0.5) is 5.69 Å². The van der Waals surface area contributed by atoms with Crippen molar-refractivity contribution in [2.45, 2.75) is 17.2 Å². The number of nitrogen functional groups attached to an aromatic ring is 1. The predicted molar refractivity (Wildman–Crippen MR) is 80.6 cm³/mol. The highest BCUT2D eigenvalue weighted by molar-refractivity contribution is 7.89. The first-order valence-electron chi connectivity index (χ1n) is 6.63. The smallest absolute Gasteiger partial charge is 0.240 e. The summed E-state index contributed by atoms with van der Waals surface area (Å²) < 4.78 is 27.0. The van der Waals surface area contributed by atoms with Crippen LogP contribution in [0.15, 0.2) is 47.4 Å². The van der Waals surface area contributed by atoms with E-state index in [0.29, 0.717) is 6.54 Å². The summed E-state index contributed by atoms with van der Waals surface area (Å²) >= 11 is 0. The Morgan fingerprint density at radius 1 is 1.24 bits per heavy atom. The average Bonchev–Trinajstić information content (AvgIpc) is 2.42. The van der Waals surface area contributed by atoms with E-state index in [1.54, 1.807) is 0 Å². The molecule has 0 aromatic heterocycles. The van der Waals surface area contributed by atoms with Crippen molar-refractivity contribution < 1.29 is 13.5 Å². The highest BCUT2D eigenvalue weighted by Crippen LogP contribution is 2.34. The highest BCUT2D eigenvalue weighted by Gasteiger charge is 2.27. The van der Waals surface area contributed by atoms with E-state index in [0.717, 1.165) is 6.42 Å². The van der Waals surface area contributed by atoms with Gasteiger partial charge in [0.15, 0.2) is 0 Å². The lowest BCUT2D eigenvalue weighted by Gasteiger charge is -2.30. The molecule has 0 fully saturated rings. The molecule has 21 heavy (non-hydrogen) atoms. The monoisotopic (exact) mass is 304 g/mol. The first-order valence-corrected chi connectivity index (χ1v) is 8.11. The van der Waals surface area contributed by atoms with Crippen LogP contribution in [0, 0.1) is 0 Å². The number of hydrogen-bond donors (Lipinski definition) is 3. The first-order chi connectivity index (χ1) is 9.97. The Morgan fingerprint density at radius 2 is 2.00 bits per heavy atom. The summed E-state index contributed by atoms with van der Waals surface area (Å²) in [6.07, 6.45) is 0.885. The zero-order valence-corrected chi connectivity index (χ0v) is 12.1. The number of nitrogens with one attached hydrogen (secondary N) is 1. The molecule has 1 aliphatic carbocycles. The molecule has 0 amide bonds. The molecule has 110 valence electrons. The Balaban J connectivity index is 1.72. The fourth-order valence-electron chi connectivity index (χ4n) is 2.54. The molecule has 0 saturated heterocycles. The average molecular weight is 304 g/mol. The molecular weight excluding hydrogens is 288 g/mol. The van der Waals surface area contributed by atoms with Gasteiger partial charge in [0.1, 0.15) is 5.75 Å². The van der Waals surface area contributed by atoms with Gasteiger partial charge in [0.2, 0.25) is 10.0 Å². The number of anilines is 1. The molecule has 2 aromatic carbocycles. The third-order valence-corrected chi connectivity index (χ3v) is 5.21. The number of hydrogen-bond acceptors (Lipinski definition) is 4. The van der Waals surface area contributed by atoms with Gasteiger partial charge in [0.25, 0.3) is 0 Å². The van der Waals surface area contributed by atoms with Crippen LogP contribution in [0.1, 0.15) is 17.0 Å². The second-order valence-corrected chi connectivity index (χ2v) is 6.94. The van der Waals surface area contributed by atoms with Crippen LogP contribution >= 0.6 is 0 Å². The van der Waals surface area contributed by atoms with Crippen LogP contribution in [0.5, 0.6) is 5.75 Å². The van der Waals surface area contributed by atoms with Gasteiger partial charge in [-0.15, -0.1) is 0 Å². The fourth-order valence-corrected chi connectivity index (χ4v) is 3.65. The number of phenols is 1. The molecule has 4 N–H and O–H groups in total. The summed E-state index contributed by atoms with van der Waals surface area (Å²) in [5, 5.41) is 9.34.